The molecule has 1 amide bonds. The molecule has 0 unspecified atom stereocenters. The molecule has 0 aliphatic carbocycles. The van der Waals surface area contributed by atoms with Crippen LogP contribution in [0.5, 0.6) is 0 Å². The quantitative estimate of drug-likeness (QED) is 0.747. The van der Waals surface area contributed by atoms with Crippen molar-refractivity contribution in [1.82, 2.24) is 4.90 Å². The van der Waals surface area contributed by atoms with E-state index < -0.39 is 9.05 Å². The second kappa shape index (κ2) is 4.72. The van der Waals surface area contributed by atoms with Gasteiger partial charge in [-0.2, -0.15) is 0 Å². The molecule has 1 aliphatic heterocycles. The fraction of sp³-hybridized carbons (Fsp3) is 0.364. The van der Waals surface area contributed by atoms with Crippen molar-refractivity contribution in [1.29, 1.82) is 0 Å². The number of amides is 1. The number of nitrogens with zero attached hydrogens (tertiary/aromatic N) is 1. The highest BCUT2D eigenvalue weighted by Gasteiger charge is 2.25. The summed E-state index contributed by atoms with van der Waals surface area (Å²) in [6.45, 7) is 2.41. The average molecular weight is 308 g/mol. The van der Waals surface area contributed by atoms with E-state index in [0.717, 1.165) is 5.56 Å². The van der Waals surface area contributed by atoms with Crippen LogP contribution in [0.1, 0.15) is 18.1 Å². The van der Waals surface area contributed by atoms with E-state index in [1.54, 1.807) is 11.0 Å². The zero-order chi connectivity index (χ0) is 13.5. The highest BCUT2D eigenvalue weighted by molar-refractivity contribution is 8.13. The molecule has 1 aliphatic rings. The molecule has 0 saturated heterocycles. The number of carbonyl (C=O) groups excluding carboxylic acids is 1. The predicted molar refractivity (Wildman–Crippen MR) is 69.3 cm³/mol. The Hall–Kier alpha value is -0.780. The molecule has 1 aromatic carbocycles. The zero-order valence-electron chi connectivity index (χ0n) is 9.61. The van der Waals surface area contributed by atoms with Gasteiger partial charge in [0, 0.05) is 30.7 Å². The minimum Gasteiger partial charge on any atom is -0.338 e. The van der Waals surface area contributed by atoms with E-state index in [1.807, 2.05) is 0 Å². The maximum absolute atomic E-state index is 11.4. The van der Waals surface area contributed by atoms with Gasteiger partial charge in [0.15, 0.2) is 0 Å². The first-order valence-corrected chi connectivity index (χ1v) is 8.00. The van der Waals surface area contributed by atoms with Crippen LogP contribution in [0.4, 0.5) is 0 Å². The molecule has 2 rings (SSSR count). The largest absolute Gasteiger partial charge is 0.338 e. The van der Waals surface area contributed by atoms with Gasteiger partial charge in [-0.05, 0) is 23.6 Å². The normalized spacial score (nSPS) is 15.4. The molecule has 0 saturated carbocycles. The molecule has 1 heterocycles. The lowest BCUT2D eigenvalue weighted by Crippen LogP contribution is -2.34. The van der Waals surface area contributed by atoms with Gasteiger partial charge < -0.3 is 4.90 Å². The first kappa shape index (κ1) is 13.6. The van der Waals surface area contributed by atoms with E-state index in [4.69, 9.17) is 22.3 Å². The molecule has 98 valence electrons. The molecule has 18 heavy (non-hydrogen) atoms. The number of benzene rings is 1. The summed E-state index contributed by atoms with van der Waals surface area (Å²) in [4.78, 5) is 12.9. The fourth-order valence-corrected chi connectivity index (χ4v) is 3.65. The highest BCUT2D eigenvalue weighted by Crippen LogP contribution is 2.33. The van der Waals surface area contributed by atoms with Gasteiger partial charge in [-0.1, -0.05) is 17.7 Å². The van der Waals surface area contributed by atoms with Crippen LogP contribution in [-0.2, 0) is 26.8 Å². The summed E-state index contributed by atoms with van der Waals surface area (Å²) in [5.74, 6) is -0.0594. The van der Waals surface area contributed by atoms with Crippen LogP contribution >= 0.6 is 22.3 Å². The van der Waals surface area contributed by atoms with Crippen molar-refractivity contribution in [2.45, 2.75) is 24.8 Å². The van der Waals surface area contributed by atoms with Crippen molar-refractivity contribution in [3.05, 3.63) is 28.3 Å². The summed E-state index contributed by atoms with van der Waals surface area (Å²) >= 11 is 6.08. The monoisotopic (exact) mass is 307 g/mol. The van der Waals surface area contributed by atoms with Crippen LogP contribution in [0.25, 0.3) is 0 Å². The summed E-state index contributed by atoms with van der Waals surface area (Å²) in [6, 6.07) is 3.11. The Labute approximate surface area is 115 Å². The Morgan fingerprint density at radius 3 is 2.61 bits per heavy atom. The Kier molecular flexibility index (Phi) is 3.58. The second-order valence-corrected chi connectivity index (χ2v) is 7.06. The minimum atomic E-state index is -3.87. The van der Waals surface area contributed by atoms with E-state index in [9.17, 15) is 13.2 Å². The van der Waals surface area contributed by atoms with Gasteiger partial charge in [0.05, 0.1) is 5.02 Å². The summed E-state index contributed by atoms with van der Waals surface area (Å²) in [6.07, 6.45) is 0.664. The molecule has 0 N–H and O–H groups in total. The summed E-state index contributed by atoms with van der Waals surface area (Å²) in [5, 5.41) is 0.119. The molecule has 0 aromatic heterocycles. The number of carbonyl (C=O) groups is 1. The first-order valence-electron chi connectivity index (χ1n) is 5.31. The SMILES string of the molecule is CC(=O)N1CCc2ccc(S(=O)(=O)Cl)c(Cl)c2C1. The van der Waals surface area contributed by atoms with Crippen LogP contribution in [0, 0.1) is 0 Å². The molecule has 1 aromatic rings. The Morgan fingerprint density at radius 1 is 1.39 bits per heavy atom. The lowest BCUT2D eigenvalue weighted by atomic mass is 10.00. The van der Waals surface area contributed by atoms with Gasteiger partial charge >= 0.3 is 0 Å². The number of halogens is 2. The molecule has 0 radical (unpaired) electrons. The van der Waals surface area contributed by atoms with Crippen LogP contribution in [0.2, 0.25) is 5.02 Å². The zero-order valence-corrected chi connectivity index (χ0v) is 11.9. The van der Waals surface area contributed by atoms with Gasteiger partial charge in [0.2, 0.25) is 5.91 Å². The lowest BCUT2D eigenvalue weighted by Gasteiger charge is -2.29. The van der Waals surface area contributed by atoms with Gasteiger partial charge in [0.1, 0.15) is 4.90 Å². The molecule has 0 fully saturated rings. The smallest absolute Gasteiger partial charge is 0.262 e. The number of hydrogen-bond acceptors (Lipinski definition) is 3. The van der Waals surface area contributed by atoms with Crippen molar-refractivity contribution in [2.75, 3.05) is 6.54 Å². The minimum absolute atomic E-state index is 0.0594. The van der Waals surface area contributed by atoms with Crippen LogP contribution < -0.4 is 0 Å². The molecule has 7 heteroatoms. The Balaban J connectivity index is 2.52. The summed E-state index contributed by atoms with van der Waals surface area (Å²) in [7, 11) is 1.44. The number of fused-ring (bicyclic) bond motifs is 1. The molecule has 0 spiro atoms. The third kappa shape index (κ3) is 2.48. The van der Waals surface area contributed by atoms with Gasteiger partial charge in [-0.3, -0.25) is 4.79 Å². The molecular weight excluding hydrogens is 297 g/mol. The van der Waals surface area contributed by atoms with Crippen LogP contribution in [0.15, 0.2) is 17.0 Å². The summed E-state index contributed by atoms with van der Waals surface area (Å²) < 4.78 is 22.7. The van der Waals surface area contributed by atoms with Crippen molar-refractivity contribution in [3.8, 4) is 0 Å². The van der Waals surface area contributed by atoms with E-state index in [2.05, 4.69) is 0 Å². The van der Waals surface area contributed by atoms with E-state index >= 15 is 0 Å². The molecule has 0 atom stereocenters. The average Bonchev–Trinajstić information content (AvgIpc) is 2.27. The number of rotatable bonds is 1. The predicted octanol–water partition coefficient (Wildman–Crippen LogP) is 2.17. The van der Waals surface area contributed by atoms with Crippen molar-refractivity contribution >= 4 is 37.2 Å². The van der Waals surface area contributed by atoms with Crippen molar-refractivity contribution in [3.63, 3.8) is 0 Å². The lowest BCUT2D eigenvalue weighted by molar-refractivity contribution is -0.129. The molecular formula is C11H11Cl2NO3S. The third-order valence-corrected chi connectivity index (χ3v) is 4.92. The second-order valence-electron chi connectivity index (χ2n) is 4.14. The maximum Gasteiger partial charge on any atom is 0.262 e. The van der Waals surface area contributed by atoms with E-state index in [-0.39, 0.29) is 15.8 Å². The molecule has 0 bridgehead atoms. The first-order chi connectivity index (χ1) is 8.30. The van der Waals surface area contributed by atoms with Crippen LogP contribution in [0.3, 0.4) is 0 Å². The Bertz CT molecular complexity index is 613. The maximum atomic E-state index is 11.4. The Morgan fingerprint density at radius 2 is 2.06 bits per heavy atom. The van der Waals surface area contributed by atoms with Gasteiger partial charge in [-0.25, -0.2) is 8.42 Å². The topological polar surface area (TPSA) is 54.5 Å². The van der Waals surface area contributed by atoms with Crippen molar-refractivity contribution in [2.24, 2.45) is 0 Å². The van der Waals surface area contributed by atoms with E-state index in [1.165, 1.54) is 13.0 Å². The highest BCUT2D eigenvalue weighted by atomic mass is 35.7. The summed E-state index contributed by atoms with van der Waals surface area (Å²) in [5.41, 5.74) is 1.63. The van der Waals surface area contributed by atoms with Crippen molar-refractivity contribution < 1.29 is 13.2 Å². The van der Waals surface area contributed by atoms with Gasteiger partial charge in [-0.15, -0.1) is 0 Å². The van der Waals surface area contributed by atoms with Gasteiger partial charge in [0.25, 0.3) is 9.05 Å². The third-order valence-electron chi connectivity index (χ3n) is 3.01. The van der Waals surface area contributed by atoms with E-state index in [0.29, 0.717) is 25.1 Å². The van der Waals surface area contributed by atoms with Crippen LogP contribution in [-0.4, -0.2) is 25.8 Å². The molecule has 4 nitrogen and oxygen atoms in total. The fourth-order valence-electron chi connectivity index (χ4n) is 2.03. The number of hydrogen-bond donors (Lipinski definition) is 0. The standard InChI is InChI=1S/C11H11Cl2NO3S/c1-7(15)14-5-4-8-2-3-10(18(13,16)17)11(12)9(8)6-14/h2-3H,4-6H2,1H3.